The first kappa shape index (κ1) is 16.4. The van der Waals surface area contributed by atoms with E-state index < -0.39 is 26.6 Å². The lowest BCUT2D eigenvalue weighted by Gasteiger charge is -2.21. The number of nitrogen functional groups attached to an aromatic ring is 1. The summed E-state index contributed by atoms with van der Waals surface area (Å²) in [4.78, 5) is 10.9. The molecule has 20 heavy (non-hydrogen) atoms. The van der Waals surface area contributed by atoms with Gasteiger partial charge in [-0.15, -0.1) is 0 Å². The van der Waals surface area contributed by atoms with Crippen molar-refractivity contribution in [2.24, 2.45) is 0 Å². The van der Waals surface area contributed by atoms with Crippen LogP contribution in [0.5, 0.6) is 0 Å². The minimum Gasteiger partial charge on any atom is -0.399 e. The number of nitrogens with one attached hydrogen (secondary N) is 1. The maximum absolute atomic E-state index is 13.7. The van der Waals surface area contributed by atoms with E-state index in [0.717, 1.165) is 16.4 Å². The molecule has 0 atom stereocenters. The second-order valence-corrected chi connectivity index (χ2v) is 6.11. The molecular weight excluding hydrogens is 285 g/mol. The fraction of sp³-hybridized carbons (Fsp3) is 0.417. The zero-order chi connectivity index (χ0) is 15.3. The molecule has 0 aromatic heterocycles. The van der Waals surface area contributed by atoms with E-state index in [4.69, 9.17) is 5.73 Å². The standard InChI is InChI=1S/C12H18FN3O3S/c1-3-6-16(8-12(17)15-2)20(18,19)11-7-9(14)4-5-10(11)13/h4-5,7H,3,6,8,14H2,1-2H3,(H,15,17). The van der Waals surface area contributed by atoms with Gasteiger partial charge < -0.3 is 11.1 Å². The van der Waals surface area contributed by atoms with Crippen molar-refractivity contribution in [3.8, 4) is 0 Å². The maximum atomic E-state index is 13.7. The molecule has 1 rings (SSSR count). The number of hydrogen-bond donors (Lipinski definition) is 2. The molecule has 3 N–H and O–H groups in total. The van der Waals surface area contributed by atoms with Gasteiger partial charge in [-0.2, -0.15) is 4.31 Å². The summed E-state index contributed by atoms with van der Waals surface area (Å²) in [6.07, 6.45) is 0.500. The average molecular weight is 303 g/mol. The first-order valence-electron chi connectivity index (χ1n) is 6.08. The van der Waals surface area contributed by atoms with Gasteiger partial charge in [0.15, 0.2) is 0 Å². The Labute approximate surface area is 117 Å². The minimum absolute atomic E-state index is 0.115. The van der Waals surface area contributed by atoms with E-state index in [1.807, 2.05) is 0 Å². The van der Waals surface area contributed by atoms with Crippen LogP contribution in [0.25, 0.3) is 0 Å². The largest absolute Gasteiger partial charge is 0.399 e. The lowest BCUT2D eigenvalue weighted by Crippen LogP contribution is -2.40. The second-order valence-electron chi connectivity index (χ2n) is 4.20. The summed E-state index contributed by atoms with van der Waals surface area (Å²) in [7, 11) is -2.70. The molecule has 0 aliphatic carbocycles. The molecule has 0 heterocycles. The first-order chi connectivity index (χ1) is 9.32. The minimum atomic E-state index is -4.10. The summed E-state index contributed by atoms with van der Waals surface area (Å²) >= 11 is 0. The number of amides is 1. The number of anilines is 1. The van der Waals surface area contributed by atoms with Crippen LogP contribution in [-0.4, -0.2) is 38.8 Å². The van der Waals surface area contributed by atoms with Gasteiger partial charge in [-0.1, -0.05) is 6.92 Å². The van der Waals surface area contributed by atoms with Crippen LogP contribution >= 0.6 is 0 Å². The molecule has 1 aromatic carbocycles. The van der Waals surface area contributed by atoms with Crippen LogP contribution in [0.2, 0.25) is 0 Å². The van der Waals surface area contributed by atoms with Gasteiger partial charge in [0.25, 0.3) is 0 Å². The van der Waals surface area contributed by atoms with E-state index in [1.54, 1.807) is 6.92 Å². The number of halogens is 1. The SMILES string of the molecule is CCCN(CC(=O)NC)S(=O)(=O)c1cc(N)ccc1F. The van der Waals surface area contributed by atoms with E-state index in [-0.39, 0.29) is 18.8 Å². The summed E-state index contributed by atoms with van der Waals surface area (Å²) in [5.74, 6) is -1.36. The molecular formula is C12H18FN3O3S. The van der Waals surface area contributed by atoms with Gasteiger partial charge in [0, 0.05) is 19.3 Å². The molecule has 112 valence electrons. The summed E-state index contributed by atoms with van der Waals surface area (Å²) < 4.78 is 39.5. The van der Waals surface area contributed by atoms with Crippen LogP contribution in [0.4, 0.5) is 10.1 Å². The van der Waals surface area contributed by atoms with Crippen LogP contribution in [0.1, 0.15) is 13.3 Å². The Morgan fingerprint density at radius 2 is 2.10 bits per heavy atom. The van der Waals surface area contributed by atoms with E-state index in [2.05, 4.69) is 5.32 Å². The Kier molecular flexibility index (Phi) is 5.46. The van der Waals surface area contributed by atoms with Crippen LogP contribution in [-0.2, 0) is 14.8 Å². The molecule has 0 aliphatic heterocycles. The highest BCUT2D eigenvalue weighted by Gasteiger charge is 2.28. The van der Waals surface area contributed by atoms with Gasteiger partial charge >= 0.3 is 0 Å². The maximum Gasteiger partial charge on any atom is 0.246 e. The van der Waals surface area contributed by atoms with E-state index >= 15 is 0 Å². The van der Waals surface area contributed by atoms with Crippen molar-refractivity contribution in [3.63, 3.8) is 0 Å². The molecule has 0 fully saturated rings. The molecule has 0 aliphatic rings. The third-order valence-electron chi connectivity index (χ3n) is 2.64. The normalized spacial score (nSPS) is 11.6. The first-order valence-corrected chi connectivity index (χ1v) is 7.52. The molecule has 6 nitrogen and oxygen atoms in total. The number of sulfonamides is 1. The zero-order valence-electron chi connectivity index (χ0n) is 11.4. The number of hydrogen-bond acceptors (Lipinski definition) is 4. The Balaban J connectivity index is 3.22. The number of rotatable bonds is 6. The second kappa shape index (κ2) is 6.67. The van der Waals surface area contributed by atoms with Crippen molar-refractivity contribution in [2.45, 2.75) is 18.2 Å². The number of likely N-dealkylation sites (N-methyl/N-ethyl adjacent to an activating group) is 1. The van der Waals surface area contributed by atoms with Gasteiger partial charge in [0.2, 0.25) is 15.9 Å². The third kappa shape index (κ3) is 3.67. The summed E-state index contributed by atoms with van der Waals surface area (Å²) in [6.45, 7) is 1.52. The lowest BCUT2D eigenvalue weighted by atomic mass is 10.3. The molecule has 0 saturated heterocycles. The van der Waals surface area contributed by atoms with Crippen LogP contribution < -0.4 is 11.1 Å². The van der Waals surface area contributed by atoms with Gasteiger partial charge in [0.1, 0.15) is 10.7 Å². The quantitative estimate of drug-likeness (QED) is 0.751. The predicted molar refractivity (Wildman–Crippen MR) is 73.9 cm³/mol. The molecule has 0 bridgehead atoms. The highest BCUT2D eigenvalue weighted by Crippen LogP contribution is 2.21. The van der Waals surface area contributed by atoms with Crippen molar-refractivity contribution < 1.29 is 17.6 Å². The molecule has 1 aromatic rings. The number of benzene rings is 1. The summed E-state index contributed by atoms with van der Waals surface area (Å²) in [5.41, 5.74) is 5.64. The van der Waals surface area contributed by atoms with E-state index in [0.29, 0.717) is 6.42 Å². The number of nitrogens with zero attached hydrogens (tertiary/aromatic N) is 1. The van der Waals surface area contributed by atoms with Crippen molar-refractivity contribution in [1.82, 2.24) is 9.62 Å². The fourth-order valence-electron chi connectivity index (χ4n) is 1.63. The molecule has 0 radical (unpaired) electrons. The number of carbonyl (C=O) groups is 1. The van der Waals surface area contributed by atoms with E-state index in [1.165, 1.54) is 13.1 Å². The molecule has 1 amide bonds. The van der Waals surface area contributed by atoms with Crippen LogP contribution in [0.3, 0.4) is 0 Å². The van der Waals surface area contributed by atoms with Gasteiger partial charge in [0.05, 0.1) is 6.54 Å². The highest BCUT2D eigenvalue weighted by molar-refractivity contribution is 7.89. The lowest BCUT2D eigenvalue weighted by molar-refractivity contribution is -0.120. The highest BCUT2D eigenvalue weighted by atomic mass is 32.2. The Hall–Kier alpha value is -1.67. The van der Waals surface area contributed by atoms with Gasteiger partial charge in [-0.05, 0) is 24.6 Å². The predicted octanol–water partition coefficient (Wildman–Crippen LogP) is 0.555. The number of nitrogens with two attached hydrogens (primary N) is 1. The molecule has 0 saturated carbocycles. The number of carbonyl (C=O) groups excluding carboxylic acids is 1. The third-order valence-corrected chi connectivity index (χ3v) is 4.51. The topological polar surface area (TPSA) is 92.5 Å². The Bertz CT molecular complexity index is 590. The smallest absolute Gasteiger partial charge is 0.246 e. The van der Waals surface area contributed by atoms with Gasteiger partial charge in [-0.25, -0.2) is 12.8 Å². The van der Waals surface area contributed by atoms with Crippen molar-refractivity contribution in [2.75, 3.05) is 25.9 Å². The molecule has 0 spiro atoms. The average Bonchev–Trinajstić information content (AvgIpc) is 2.40. The summed E-state index contributed by atoms with van der Waals surface area (Å²) in [6, 6.07) is 3.32. The van der Waals surface area contributed by atoms with Crippen molar-refractivity contribution in [1.29, 1.82) is 0 Å². The monoisotopic (exact) mass is 303 g/mol. The molecule has 0 unspecified atom stereocenters. The fourth-order valence-corrected chi connectivity index (χ4v) is 3.22. The van der Waals surface area contributed by atoms with E-state index in [9.17, 15) is 17.6 Å². The molecule has 8 heteroatoms. The summed E-state index contributed by atoms with van der Waals surface area (Å²) in [5, 5.41) is 2.34. The van der Waals surface area contributed by atoms with Crippen LogP contribution in [0, 0.1) is 5.82 Å². The Morgan fingerprint density at radius 1 is 1.45 bits per heavy atom. The zero-order valence-corrected chi connectivity index (χ0v) is 12.2. The van der Waals surface area contributed by atoms with Crippen LogP contribution in [0.15, 0.2) is 23.1 Å². The Morgan fingerprint density at radius 3 is 2.65 bits per heavy atom. The van der Waals surface area contributed by atoms with Gasteiger partial charge in [-0.3, -0.25) is 4.79 Å². The van der Waals surface area contributed by atoms with Crippen molar-refractivity contribution in [3.05, 3.63) is 24.0 Å². The van der Waals surface area contributed by atoms with Crippen molar-refractivity contribution >= 4 is 21.6 Å².